The maximum Gasteiger partial charge on any atom is 0.328 e. The fraction of sp³-hybridized carbons (Fsp3) is 0.422. The average Bonchev–Trinajstić information content (AvgIpc) is 3.94. The summed E-state index contributed by atoms with van der Waals surface area (Å²) in [4.78, 5) is 52.4. The van der Waals surface area contributed by atoms with Crippen molar-refractivity contribution in [1.29, 1.82) is 0 Å². The number of aryl methyl sites for hydroxylation is 1. The van der Waals surface area contributed by atoms with E-state index in [1.54, 1.807) is 15.6 Å². The third-order valence-electron chi connectivity index (χ3n) is 14.0. The molecule has 3 aromatic heterocycles. The Hall–Kier alpha value is -6.43. The van der Waals surface area contributed by atoms with Gasteiger partial charge in [-0.1, -0.05) is 22.9 Å². The summed E-state index contributed by atoms with van der Waals surface area (Å²) in [5.74, 6) is -6.56. The minimum Gasteiger partial charge on any atom is -0.503 e. The van der Waals surface area contributed by atoms with Crippen LogP contribution in [0.4, 0.5) is 29.6 Å². The van der Waals surface area contributed by atoms with Crippen molar-refractivity contribution >= 4 is 52.5 Å². The molecule has 3 aliphatic heterocycles. The summed E-state index contributed by atoms with van der Waals surface area (Å²) in [6, 6.07) is 4.17. The molecule has 11 rings (SSSR count). The topological polar surface area (TPSA) is 164 Å². The van der Waals surface area contributed by atoms with Crippen LogP contribution in [0.25, 0.3) is 11.1 Å². The van der Waals surface area contributed by atoms with Gasteiger partial charge >= 0.3 is 6.03 Å². The Morgan fingerprint density at radius 3 is 2.48 bits per heavy atom. The molecule has 7 aliphatic rings. The maximum atomic E-state index is 14.3. The van der Waals surface area contributed by atoms with Crippen molar-refractivity contribution in [2.45, 2.75) is 63.3 Å². The van der Waals surface area contributed by atoms with Crippen molar-refractivity contribution in [3.8, 4) is 5.75 Å². The first-order valence-electron chi connectivity index (χ1n) is 21.6. The molecule has 4 aromatic rings. The van der Waals surface area contributed by atoms with Crippen molar-refractivity contribution < 1.29 is 37.3 Å². The van der Waals surface area contributed by atoms with Gasteiger partial charge in [0, 0.05) is 89.1 Å². The minimum atomic E-state index is -1.77. The Morgan fingerprint density at radius 2 is 1.73 bits per heavy atom. The van der Waals surface area contributed by atoms with Gasteiger partial charge in [0.25, 0.3) is 5.91 Å². The smallest absolute Gasteiger partial charge is 0.328 e. The molecule has 15 nitrogen and oxygen atoms in total. The second-order valence-electron chi connectivity index (χ2n) is 17.6. The van der Waals surface area contributed by atoms with Crippen molar-refractivity contribution in [3.05, 3.63) is 95.4 Å². The first kappa shape index (κ1) is 40.6. The number of amides is 4. The highest BCUT2D eigenvalue weighted by Gasteiger charge is 2.56. The molecule has 4 amide bonds. The van der Waals surface area contributed by atoms with E-state index in [2.05, 4.69) is 60.7 Å². The SMILES string of the molecule is O=C1CCN(c2cnn3cc(CCCN4CCN(c5ncc(C6=CC7=N[N+](C89CCC(CNC(=O)c%10cc(F)c(O)c(F)c%10F)(CC8)CC9)=CC7C=C6)cn5)CC4)ccc23)C(=O)N1. The van der Waals surface area contributed by atoms with Crippen LogP contribution in [0.15, 0.2) is 66.3 Å². The number of anilines is 2. The van der Waals surface area contributed by atoms with Crippen LogP contribution in [0.5, 0.6) is 5.75 Å². The Labute approximate surface area is 360 Å². The van der Waals surface area contributed by atoms with Gasteiger partial charge in [-0.3, -0.25) is 24.7 Å². The van der Waals surface area contributed by atoms with Crippen LogP contribution >= 0.6 is 0 Å². The number of aromatic nitrogens is 4. The van der Waals surface area contributed by atoms with E-state index in [1.807, 2.05) is 24.7 Å². The van der Waals surface area contributed by atoms with Gasteiger partial charge in [-0.05, 0) is 78.5 Å². The number of nitrogens with zero attached hydrogens (tertiary/aromatic N) is 9. The van der Waals surface area contributed by atoms with Gasteiger partial charge in [-0.2, -0.15) is 9.49 Å². The number of benzene rings is 1. The molecule has 3 saturated carbocycles. The fourth-order valence-electron chi connectivity index (χ4n) is 10.0. The van der Waals surface area contributed by atoms with Gasteiger partial charge in [0.05, 0.1) is 23.0 Å². The lowest BCUT2D eigenvalue weighted by atomic mass is 9.57. The molecule has 1 atom stereocenters. The van der Waals surface area contributed by atoms with Gasteiger partial charge in [0.1, 0.15) is 11.6 Å². The maximum absolute atomic E-state index is 14.3. The Kier molecular flexibility index (Phi) is 10.3. The Bertz CT molecular complexity index is 2630. The van der Waals surface area contributed by atoms with Crippen molar-refractivity contribution in [2.24, 2.45) is 16.4 Å². The van der Waals surface area contributed by atoms with Gasteiger partial charge in [0.2, 0.25) is 17.7 Å². The number of carbonyl (C=O) groups is 3. The molecule has 2 bridgehead atoms. The molecule has 1 unspecified atom stereocenters. The van der Waals surface area contributed by atoms with E-state index in [4.69, 9.17) is 15.1 Å². The second-order valence-corrected chi connectivity index (χ2v) is 17.6. The highest BCUT2D eigenvalue weighted by atomic mass is 19.2. The predicted octanol–water partition coefficient (Wildman–Crippen LogP) is 4.99. The van der Waals surface area contributed by atoms with E-state index in [0.29, 0.717) is 18.3 Å². The zero-order valence-electron chi connectivity index (χ0n) is 34.6. The number of phenols is 1. The van der Waals surface area contributed by atoms with E-state index < -0.39 is 40.7 Å². The number of phenolic OH excluding ortho intramolecular Hbond substituents is 1. The number of fused-ring (bicyclic) bond motifs is 5. The van der Waals surface area contributed by atoms with Gasteiger partial charge in [-0.15, -0.1) is 0 Å². The summed E-state index contributed by atoms with van der Waals surface area (Å²) in [5.41, 5.74) is 4.47. The molecular formula is C45H47F3N11O4+. The number of imide groups is 1. The summed E-state index contributed by atoms with van der Waals surface area (Å²) in [6.07, 6.45) is 23.2. The van der Waals surface area contributed by atoms with Crippen LogP contribution < -0.4 is 20.4 Å². The summed E-state index contributed by atoms with van der Waals surface area (Å²) in [7, 11) is 0. The number of halogens is 3. The first-order chi connectivity index (χ1) is 30.5. The fourth-order valence-corrected chi connectivity index (χ4v) is 10.0. The molecule has 326 valence electrons. The minimum absolute atomic E-state index is 0.0621. The van der Waals surface area contributed by atoms with Gasteiger partial charge < -0.3 is 15.3 Å². The standard InChI is InChI=1S/C45H46F3N11O4/c46-33-21-32(38(47)39(48)40(33)61)41(62)51-27-44-8-11-45(12-9-44,13-10-44)59-26-30-5-4-29(20-34(30)54-59)31-22-49-42(50-23-31)56-18-16-55(17-19-56)14-1-2-28-3-6-35-36(24-52-58(35)25-28)57-15-7-37(60)53-43(57)63/h3-6,20-26,30H,1-2,7-19,27H2,(H2-,51,53,60,61,62,63)/p+1. The summed E-state index contributed by atoms with van der Waals surface area (Å²) < 4.78 is 46.0. The van der Waals surface area contributed by atoms with Gasteiger partial charge in [-0.25, -0.2) is 28.1 Å². The molecule has 2 saturated heterocycles. The Balaban J connectivity index is 0.690. The summed E-state index contributed by atoms with van der Waals surface area (Å²) >= 11 is 0. The molecule has 18 heteroatoms. The zero-order chi connectivity index (χ0) is 43.5. The number of aromatic hydroxyl groups is 1. The number of nitrogens with one attached hydrogen (secondary N) is 2. The van der Waals surface area contributed by atoms with E-state index >= 15 is 0 Å². The lowest BCUT2D eigenvalue weighted by molar-refractivity contribution is -0.621. The van der Waals surface area contributed by atoms with E-state index in [9.17, 15) is 32.7 Å². The van der Waals surface area contributed by atoms with Crippen molar-refractivity contribution in [3.63, 3.8) is 0 Å². The van der Waals surface area contributed by atoms with Crippen LogP contribution in [-0.4, -0.2) is 115 Å². The highest BCUT2D eigenvalue weighted by Crippen LogP contribution is 2.54. The van der Waals surface area contributed by atoms with E-state index in [-0.39, 0.29) is 35.7 Å². The molecule has 63 heavy (non-hydrogen) atoms. The van der Waals surface area contributed by atoms with Crippen molar-refractivity contribution in [2.75, 3.05) is 55.6 Å². The van der Waals surface area contributed by atoms with Crippen LogP contribution in [-0.2, 0) is 11.2 Å². The molecule has 3 N–H and O–H groups in total. The Morgan fingerprint density at radius 1 is 0.968 bits per heavy atom. The van der Waals surface area contributed by atoms with E-state index in [1.165, 1.54) is 5.56 Å². The molecule has 0 radical (unpaired) electrons. The molecule has 6 heterocycles. The summed E-state index contributed by atoms with van der Waals surface area (Å²) in [5, 5.41) is 24.0. The number of piperazine rings is 1. The molecule has 5 fully saturated rings. The third-order valence-corrected chi connectivity index (χ3v) is 14.0. The van der Waals surface area contributed by atoms with Crippen LogP contribution in [0.3, 0.4) is 0 Å². The average molecular weight is 863 g/mol. The first-order valence-corrected chi connectivity index (χ1v) is 21.6. The number of hydrazone groups is 1. The number of hydrogen-bond acceptors (Lipinski definition) is 10. The summed E-state index contributed by atoms with van der Waals surface area (Å²) in [6.45, 7) is 5.09. The van der Waals surface area contributed by atoms with Gasteiger partial charge in [0.15, 0.2) is 29.1 Å². The number of rotatable bonds is 11. The van der Waals surface area contributed by atoms with Crippen molar-refractivity contribution in [1.82, 2.24) is 35.1 Å². The number of pyridine rings is 1. The second kappa shape index (κ2) is 16.0. The number of allylic oxidation sites excluding steroid dienone is 4. The largest absolute Gasteiger partial charge is 0.503 e. The monoisotopic (exact) mass is 862 g/mol. The predicted molar refractivity (Wildman–Crippen MR) is 227 cm³/mol. The lowest BCUT2D eigenvalue weighted by Crippen LogP contribution is -2.54. The zero-order valence-corrected chi connectivity index (χ0v) is 34.6. The number of urea groups is 1. The molecule has 4 aliphatic carbocycles. The molecular weight excluding hydrogens is 816 g/mol. The van der Waals surface area contributed by atoms with Crippen LogP contribution in [0, 0.1) is 28.8 Å². The number of hydrogen-bond donors (Lipinski definition) is 3. The normalized spacial score (nSPS) is 24.6. The highest BCUT2D eigenvalue weighted by molar-refractivity contribution is 6.13. The number of carbonyl (C=O) groups excluding carboxylic acids is 3. The molecule has 0 spiro atoms. The molecule has 1 aromatic carbocycles. The lowest BCUT2D eigenvalue weighted by Gasteiger charge is -2.49. The van der Waals surface area contributed by atoms with E-state index in [0.717, 1.165) is 112 Å². The van der Waals surface area contributed by atoms with Crippen LogP contribution in [0.1, 0.15) is 72.9 Å². The quantitative estimate of drug-likeness (QED) is 0.139. The third kappa shape index (κ3) is 7.63. The van der Waals surface area contributed by atoms with Crippen LogP contribution in [0.2, 0.25) is 0 Å².